The summed E-state index contributed by atoms with van der Waals surface area (Å²) in [6.45, 7) is 0.219. The highest BCUT2D eigenvalue weighted by Gasteiger charge is 2.41. The summed E-state index contributed by atoms with van der Waals surface area (Å²) < 4.78 is 25.7. The van der Waals surface area contributed by atoms with Gasteiger partial charge in [0.1, 0.15) is 29.1 Å². The number of furan rings is 1. The van der Waals surface area contributed by atoms with Crippen molar-refractivity contribution in [1.29, 1.82) is 0 Å². The highest BCUT2D eigenvalue weighted by atomic mass is 32.1. The zero-order valence-corrected chi connectivity index (χ0v) is 22.1. The molecule has 3 heterocycles. The van der Waals surface area contributed by atoms with Crippen LogP contribution in [0.4, 0.5) is 15.8 Å². The number of carbonyl (C=O) groups excluding carboxylic acids is 1. The Kier molecular flexibility index (Phi) is 7.69. The second kappa shape index (κ2) is 11.5. The predicted molar refractivity (Wildman–Crippen MR) is 149 cm³/mol. The topological polar surface area (TPSA) is 123 Å². The maximum atomic E-state index is 14.0. The van der Waals surface area contributed by atoms with Crippen LogP contribution in [0.15, 0.2) is 83.4 Å². The van der Waals surface area contributed by atoms with Crippen molar-refractivity contribution in [3.63, 3.8) is 0 Å². The third-order valence-corrected chi connectivity index (χ3v) is 6.86. The lowest BCUT2D eigenvalue weighted by Crippen LogP contribution is -2.32. The van der Waals surface area contributed by atoms with Gasteiger partial charge < -0.3 is 24.7 Å². The molecule has 10 nitrogen and oxygen atoms in total. The summed E-state index contributed by atoms with van der Waals surface area (Å²) in [5, 5.41) is 17.5. The quantitative estimate of drug-likeness (QED) is 0.157. The third-order valence-electron chi connectivity index (χ3n) is 6.51. The average Bonchev–Trinajstić information content (AvgIpc) is 3.57. The Balaban J connectivity index is 1.43. The summed E-state index contributed by atoms with van der Waals surface area (Å²) >= 11 is 5.65. The van der Waals surface area contributed by atoms with Crippen LogP contribution in [0.25, 0.3) is 11.3 Å². The van der Waals surface area contributed by atoms with E-state index in [0.717, 1.165) is 5.69 Å². The van der Waals surface area contributed by atoms with E-state index in [1.54, 1.807) is 36.5 Å². The Hall–Kier alpha value is -4.84. The number of nitrogens with one attached hydrogen (secondary N) is 2. The summed E-state index contributed by atoms with van der Waals surface area (Å²) in [4.78, 5) is 29.7. The number of thiocarbonyl (C=S) groups is 1. The van der Waals surface area contributed by atoms with Crippen molar-refractivity contribution < 1.29 is 23.3 Å². The largest absolute Gasteiger partial charge is 0.496 e. The van der Waals surface area contributed by atoms with E-state index in [2.05, 4.69) is 15.6 Å². The number of anilines is 1. The smallest absolute Gasteiger partial charge is 0.273 e. The first-order chi connectivity index (χ1) is 19.4. The van der Waals surface area contributed by atoms with E-state index in [0.29, 0.717) is 22.2 Å². The molecule has 1 fully saturated rings. The molecule has 0 radical (unpaired) electrons. The van der Waals surface area contributed by atoms with Crippen LogP contribution >= 0.6 is 12.2 Å². The van der Waals surface area contributed by atoms with Crippen molar-refractivity contribution in [2.24, 2.45) is 0 Å². The molecular formula is C28H24FN5O5S. The summed E-state index contributed by atoms with van der Waals surface area (Å²) in [6, 6.07) is 18.5. The second-order valence-electron chi connectivity index (χ2n) is 8.94. The Labute approximate surface area is 233 Å². The maximum absolute atomic E-state index is 14.0. The van der Waals surface area contributed by atoms with Gasteiger partial charge in [-0.05, 0) is 54.7 Å². The zero-order valence-electron chi connectivity index (χ0n) is 21.2. The first-order valence-corrected chi connectivity index (χ1v) is 12.7. The number of nitro groups is 1. The van der Waals surface area contributed by atoms with E-state index in [-0.39, 0.29) is 42.0 Å². The number of nitro benzene ring substituents is 1. The lowest BCUT2D eigenvalue weighted by atomic mass is 10.0. The van der Waals surface area contributed by atoms with Crippen molar-refractivity contribution >= 4 is 34.6 Å². The molecule has 4 aromatic rings. The van der Waals surface area contributed by atoms with Gasteiger partial charge in [-0.3, -0.25) is 19.9 Å². The Morgan fingerprint density at radius 1 is 1.20 bits per heavy atom. The minimum atomic E-state index is -0.521. The number of para-hydroxylation sites is 1. The van der Waals surface area contributed by atoms with Crippen molar-refractivity contribution in [2.45, 2.75) is 18.5 Å². The number of ether oxygens (including phenoxy) is 1. The SMILES string of the molecule is COc1cc([N+](=O)[O-])ccc1-c1ccc([C@@H]2[C@H](c3ccccn3)NC(=S)N2CCC(=O)Nc2ccccc2F)o1. The summed E-state index contributed by atoms with van der Waals surface area (Å²) in [7, 11) is 1.43. The number of benzene rings is 2. The minimum absolute atomic E-state index is 0.0331. The van der Waals surface area contributed by atoms with E-state index in [9.17, 15) is 19.3 Å². The number of amides is 1. The number of rotatable bonds is 9. The Morgan fingerprint density at radius 2 is 2.00 bits per heavy atom. The van der Waals surface area contributed by atoms with Gasteiger partial charge in [-0.2, -0.15) is 0 Å². The van der Waals surface area contributed by atoms with Crippen molar-refractivity contribution in [3.8, 4) is 17.1 Å². The molecule has 0 unspecified atom stereocenters. The number of halogens is 1. The number of non-ortho nitro benzene ring substituents is 1. The highest BCUT2D eigenvalue weighted by molar-refractivity contribution is 7.80. The normalized spacial score (nSPS) is 16.4. The summed E-state index contributed by atoms with van der Waals surface area (Å²) in [5.41, 5.74) is 1.26. The fourth-order valence-corrected chi connectivity index (χ4v) is 4.94. The molecule has 2 aromatic heterocycles. The molecule has 2 N–H and O–H groups in total. The molecule has 12 heteroatoms. The summed E-state index contributed by atoms with van der Waals surface area (Å²) in [6.07, 6.45) is 1.71. The number of hydrogen-bond donors (Lipinski definition) is 2. The van der Waals surface area contributed by atoms with Crippen molar-refractivity contribution in [3.05, 3.63) is 106 Å². The maximum Gasteiger partial charge on any atom is 0.273 e. The molecule has 40 heavy (non-hydrogen) atoms. The molecule has 1 amide bonds. The van der Waals surface area contributed by atoms with Crippen molar-refractivity contribution in [2.75, 3.05) is 19.0 Å². The molecule has 5 rings (SSSR count). The van der Waals surface area contributed by atoms with Gasteiger partial charge in [0, 0.05) is 25.2 Å². The van der Waals surface area contributed by atoms with Crippen LogP contribution in [0.5, 0.6) is 5.75 Å². The van der Waals surface area contributed by atoms with Gasteiger partial charge in [-0.25, -0.2) is 4.39 Å². The number of aromatic nitrogens is 1. The van der Waals surface area contributed by atoms with Crippen LogP contribution in [-0.4, -0.2) is 39.5 Å². The molecule has 1 saturated heterocycles. The molecule has 1 aliphatic heterocycles. The lowest BCUT2D eigenvalue weighted by Gasteiger charge is -2.25. The van der Waals surface area contributed by atoms with Crippen LogP contribution in [-0.2, 0) is 4.79 Å². The van der Waals surface area contributed by atoms with Gasteiger partial charge in [0.05, 0.1) is 41.1 Å². The van der Waals surface area contributed by atoms with Gasteiger partial charge in [-0.15, -0.1) is 0 Å². The third kappa shape index (κ3) is 5.47. The fraction of sp³-hybridized carbons (Fsp3) is 0.179. The van der Waals surface area contributed by atoms with E-state index < -0.39 is 16.8 Å². The van der Waals surface area contributed by atoms with Gasteiger partial charge >= 0.3 is 0 Å². The van der Waals surface area contributed by atoms with E-state index in [1.807, 2.05) is 23.1 Å². The molecule has 0 bridgehead atoms. The van der Waals surface area contributed by atoms with E-state index >= 15 is 0 Å². The molecule has 204 valence electrons. The van der Waals surface area contributed by atoms with E-state index in [1.165, 1.54) is 31.4 Å². The number of methoxy groups -OCH3 is 1. The lowest BCUT2D eigenvalue weighted by molar-refractivity contribution is -0.384. The molecule has 0 saturated carbocycles. The first-order valence-electron chi connectivity index (χ1n) is 12.3. The van der Waals surface area contributed by atoms with Gasteiger partial charge in [0.2, 0.25) is 5.91 Å². The number of hydrogen-bond acceptors (Lipinski definition) is 7. The molecular weight excluding hydrogens is 537 g/mol. The van der Waals surface area contributed by atoms with E-state index in [4.69, 9.17) is 21.4 Å². The zero-order chi connectivity index (χ0) is 28.2. The standard InChI is InChI=1S/C28H24FN5O5S/c1-38-24-16-17(34(36)37)9-10-18(24)22-11-12-23(39-22)27-26(21-8-4-5-14-30-21)32-28(40)33(27)15-13-25(35)31-20-7-3-2-6-19(20)29/h2-12,14,16,26-27H,13,15H2,1H3,(H,31,35)(H,32,40)/t26-,27+/m0/s1. The fourth-order valence-electron chi connectivity index (χ4n) is 4.61. The van der Waals surface area contributed by atoms with Crippen molar-refractivity contribution in [1.82, 2.24) is 15.2 Å². The molecule has 2 aromatic carbocycles. The van der Waals surface area contributed by atoms with Crippen LogP contribution in [0, 0.1) is 15.9 Å². The van der Waals surface area contributed by atoms with Crippen LogP contribution in [0.1, 0.15) is 30.0 Å². The average molecular weight is 562 g/mol. The first kappa shape index (κ1) is 26.8. The van der Waals surface area contributed by atoms with Gasteiger partial charge in [-0.1, -0.05) is 18.2 Å². The molecule has 2 atom stereocenters. The Bertz CT molecular complexity index is 1560. The number of carbonyl (C=O) groups is 1. The van der Waals surface area contributed by atoms with Crippen LogP contribution < -0.4 is 15.4 Å². The monoisotopic (exact) mass is 561 g/mol. The predicted octanol–water partition coefficient (Wildman–Crippen LogP) is 5.40. The second-order valence-corrected chi connectivity index (χ2v) is 9.33. The molecule has 0 spiro atoms. The number of nitrogens with zero attached hydrogens (tertiary/aromatic N) is 3. The molecule has 0 aliphatic carbocycles. The van der Waals surface area contributed by atoms with Gasteiger partial charge in [0.25, 0.3) is 5.69 Å². The number of pyridine rings is 1. The molecule has 1 aliphatic rings. The highest BCUT2D eigenvalue weighted by Crippen LogP contribution is 2.42. The minimum Gasteiger partial charge on any atom is -0.496 e. The summed E-state index contributed by atoms with van der Waals surface area (Å²) in [5.74, 6) is 0.374. The van der Waals surface area contributed by atoms with Gasteiger partial charge in [0.15, 0.2) is 5.11 Å². The van der Waals surface area contributed by atoms with Crippen LogP contribution in [0.2, 0.25) is 0 Å². The Morgan fingerprint density at radius 3 is 2.73 bits per heavy atom. The van der Waals surface area contributed by atoms with Crippen LogP contribution in [0.3, 0.4) is 0 Å².